The molecule has 5 aliphatic heterocycles. The van der Waals surface area contributed by atoms with Gasteiger partial charge in [0.15, 0.2) is 43.7 Å². The van der Waals surface area contributed by atoms with Crippen molar-refractivity contribution in [3.63, 3.8) is 0 Å². The molecule has 16 N–H and O–H groups in total. The van der Waals surface area contributed by atoms with E-state index in [1.165, 1.54) is 0 Å². The van der Waals surface area contributed by atoms with Crippen LogP contribution in [-0.4, -0.2) is 277 Å². The average molecular weight is 1050 g/mol. The van der Waals surface area contributed by atoms with E-state index in [4.69, 9.17) is 47.4 Å². The quantitative estimate of drug-likeness (QED) is 0.0567. The van der Waals surface area contributed by atoms with E-state index >= 15 is 0 Å². The van der Waals surface area contributed by atoms with Crippen LogP contribution in [0.2, 0.25) is 0 Å². The Kier molecular flexibility index (Phi) is 20.9. The van der Waals surface area contributed by atoms with Crippen LogP contribution < -0.4 is 21.3 Å². The Labute approximate surface area is 408 Å². The number of carboxylic acid groups (broad SMARTS) is 1. The molecule has 32 heteroatoms. The van der Waals surface area contributed by atoms with E-state index in [2.05, 4.69) is 21.3 Å². The fourth-order valence-electron chi connectivity index (χ4n) is 8.76. The standard InChI is InChI=1S/C40H64N4O28/c1-10(47)41-19-20(42-11(2)48)38(72-34(35(60)61)33(19)65-14(5)51)70-31-18(9-63-37-21(43-12(3)49)26(55)23(52)15(6-45)67-37)69-39(30(59)28(31)57)64-8-17-24(53)27(56)29(58)40(68-17)71-32-22(44-13(4)50)36(62)66-16(7-46)25(32)54/h15-34,36-40,45-46,52-59,62H,6-9H2,1-5H3,(H,41,47)(H,42,48)(H,43,49)(H,44,50)(H,60,61)/t15-,16-,17-,18-,19+,20-,21-,22-,23-,24-,25+,26-,27+,28-,29-,30-,31+,32-,33+,34+,36-,37-,38-,39+,40+/m1/s1. The Bertz CT molecular complexity index is 1870. The van der Waals surface area contributed by atoms with Crippen molar-refractivity contribution in [2.45, 2.75) is 188 Å². The summed E-state index contributed by atoms with van der Waals surface area (Å²) in [6.07, 6.45) is -40.1. The van der Waals surface area contributed by atoms with Gasteiger partial charge in [-0.25, -0.2) is 4.79 Å². The van der Waals surface area contributed by atoms with Crippen LogP contribution in [0, 0.1) is 0 Å². The van der Waals surface area contributed by atoms with E-state index in [0.29, 0.717) is 0 Å². The zero-order chi connectivity index (χ0) is 53.6. The SMILES string of the molecule is CC(=O)N[C@@H]1[C@@H](O[C@@H]2O[C@H](CO[C@H]3O[C@H](CO[C@@H]4O[C@H](CO)[C@@H](O)[C@H](O)[C@H]4NC(C)=O)[C@H](O[C@@H]4O[C@H](C(=O)O)[C@@H](OC(C)=O)[C@@H](NC(C)=O)[C@H]4NC(C)=O)[C@H](O)[C@H]3O)[C@@H](O)[C@H](O)[C@H]2O)[C@@H](O)[C@@H](CO)O[C@H]1O. The van der Waals surface area contributed by atoms with E-state index in [1.807, 2.05) is 0 Å². The molecule has 0 saturated carbocycles. The molecule has 0 unspecified atom stereocenters. The topological polar surface area (TPSA) is 486 Å². The number of aliphatic hydroxyl groups is 11. The zero-order valence-electron chi connectivity index (χ0n) is 39.2. The van der Waals surface area contributed by atoms with Gasteiger partial charge < -0.3 is 130 Å². The van der Waals surface area contributed by atoms with Crippen LogP contribution in [0.15, 0.2) is 0 Å². The fraction of sp³-hybridized carbons (Fsp3) is 0.850. The number of amides is 4. The molecule has 5 heterocycles. The second-order valence-corrected chi connectivity index (χ2v) is 17.6. The Morgan fingerprint density at radius 1 is 0.431 bits per heavy atom. The summed E-state index contributed by atoms with van der Waals surface area (Å²) in [7, 11) is 0. The van der Waals surface area contributed by atoms with Crippen molar-refractivity contribution in [3.05, 3.63) is 0 Å². The average Bonchev–Trinajstić information content (AvgIpc) is 3.30. The van der Waals surface area contributed by atoms with E-state index in [1.54, 1.807) is 0 Å². The number of carbonyl (C=O) groups is 6. The van der Waals surface area contributed by atoms with E-state index in [0.717, 1.165) is 34.6 Å². The number of carboxylic acids is 1. The molecular formula is C40H64N4O28. The Morgan fingerprint density at radius 3 is 1.47 bits per heavy atom. The molecule has 4 amide bonds. The molecule has 5 aliphatic rings. The molecule has 32 nitrogen and oxygen atoms in total. The Balaban J connectivity index is 1.46. The maximum Gasteiger partial charge on any atom is 0.336 e. The fourth-order valence-corrected chi connectivity index (χ4v) is 8.76. The lowest BCUT2D eigenvalue weighted by molar-refractivity contribution is -0.363. The van der Waals surface area contributed by atoms with E-state index in [-0.39, 0.29) is 0 Å². The van der Waals surface area contributed by atoms with Gasteiger partial charge in [0.05, 0.1) is 32.5 Å². The normalized spacial score (nSPS) is 43.4. The van der Waals surface area contributed by atoms with Gasteiger partial charge in [0, 0.05) is 34.6 Å². The Morgan fingerprint density at radius 2 is 0.903 bits per heavy atom. The van der Waals surface area contributed by atoms with Gasteiger partial charge in [-0.2, -0.15) is 0 Å². The van der Waals surface area contributed by atoms with Crippen LogP contribution in [0.3, 0.4) is 0 Å². The van der Waals surface area contributed by atoms with Gasteiger partial charge in [0.1, 0.15) is 104 Å². The highest BCUT2D eigenvalue weighted by Crippen LogP contribution is 2.34. The van der Waals surface area contributed by atoms with E-state index in [9.17, 15) is 90.0 Å². The number of aliphatic carboxylic acids is 1. The maximum atomic E-state index is 12.6. The second-order valence-electron chi connectivity index (χ2n) is 17.6. The van der Waals surface area contributed by atoms with Crippen LogP contribution in [0.25, 0.3) is 0 Å². The summed E-state index contributed by atoms with van der Waals surface area (Å²) in [5.41, 5.74) is 0. The zero-order valence-corrected chi connectivity index (χ0v) is 39.2. The summed E-state index contributed by atoms with van der Waals surface area (Å²) in [4.78, 5) is 74.0. The van der Waals surface area contributed by atoms with Crippen molar-refractivity contribution in [3.8, 4) is 0 Å². The largest absolute Gasteiger partial charge is 0.479 e. The molecule has 5 saturated heterocycles. The van der Waals surface area contributed by atoms with Crippen molar-refractivity contribution < 1.29 is 137 Å². The highest BCUT2D eigenvalue weighted by atomic mass is 16.8. The van der Waals surface area contributed by atoms with Gasteiger partial charge in [-0.15, -0.1) is 0 Å². The highest BCUT2D eigenvalue weighted by molar-refractivity contribution is 5.78. The number of esters is 1. The summed E-state index contributed by atoms with van der Waals surface area (Å²) >= 11 is 0. The number of aliphatic hydroxyl groups excluding tert-OH is 11. The van der Waals surface area contributed by atoms with Crippen LogP contribution in [-0.2, 0) is 76.1 Å². The first-order valence-corrected chi connectivity index (χ1v) is 22.4. The highest BCUT2D eigenvalue weighted by Gasteiger charge is 2.57. The molecule has 0 aromatic heterocycles. The minimum absolute atomic E-state index is 0.739. The van der Waals surface area contributed by atoms with Gasteiger partial charge >= 0.3 is 11.9 Å². The molecule has 0 aliphatic carbocycles. The monoisotopic (exact) mass is 1050 g/mol. The third-order valence-electron chi connectivity index (χ3n) is 12.1. The van der Waals surface area contributed by atoms with Crippen molar-refractivity contribution in [2.75, 3.05) is 26.4 Å². The summed E-state index contributed by atoms with van der Waals surface area (Å²) in [6.45, 7) is 1.52. The van der Waals surface area contributed by atoms with Crippen LogP contribution in [0.4, 0.5) is 0 Å². The molecule has 0 spiro atoms. The predicted octanol–water partition coefficient (Wildman–Crippen LogP) is -10.7. The number of nitrogens with one attached hydrogen (secondary N) is 4. The third kappa shape index (κ3) is 13.8. The number of hydrogen-bond acceptors (Lipinski definition) is 27. The van der Waals surface area contributed by atoms with Crippen molar-refractivity contribution >= 4 is 35.6 Å². The van der Waals surface area contributed by atoms with Crippen molar-refractivity contribution in [1.29, 1.82) is 0 Å². The summed E-state index contributed by atoms with van der Waals surface area (Å²) in [5, 5.41) is 138. The second kappa shape index (κ2) is 25.5. The van der Waals surface area contributed by atoms with Gasteiger partial charge in [-0.1, -0.05) is 0 Å². The first-order valence-electron chi connectivity index (χ1n) is 22.4. The first kappa shape index (κ1) is 58.9. The van der Waals surface area contributed by atoms with Crippen LogP contribution in [0.1, 0.15) is 34.6 Å². The minimum atomic E-state index is -2.24. The lowest BCUT2D eigenvalue weighted by atomic mass is 9.92. The maximum absolute atomic E-state index is 12.6. The van der Waals surface area contributed by atoms with E-state index < -0.39 is 215 Å². The third-order valence-corrected chi connectivity index (χ3v) is 12.1. The number of hydrogen-bond donors (Lipinski definition) is 16. The molecule has 72 heavy (non-hydrogen) atoms. The predicted molar refractivity (Wildman–Crippen MR) is 223 cm³/mol. The summed E-state index contributed by atoms with van der Waals surface area (Å²) in [5.74, 6) is -5.92. The lowest BCUT2D eigenvalue weighted by Crippen LogP contribution is -2.72. The molecule has 0 aromatic carbocycles. The molecule has 412 valence electrons. The number of carbonyl (C=O) groups excluding carboxylic acids is 5. The van der Waals surface area contributed by atoms with Gasteiger partial charge in [0.25, 0.3) is 0 Å². The summed E-state index contributed by atoms with van der Waals surface area (Å²) < 4.78 is 56.9. The van der Waals surface area contributed by atoms with Crippen molar-refractivity contribution in [1.82, 2.24) is 21.3 Å². The molecule has 5 rings (SSSR count). The van der Waals surface area contributed by atoms with Crippen molar-refractivity contribution in [2.24, 2.45) is 0 Å². The lowest BCUT2D eigenvalue weighted by Gasteiger charge is -2.49. The molecular weight excluding hydrogens is 984 g/mol. The van der Waals surface area contributed by atoms with Gasteiger partial charge in [-0.3, -0.25) is 24.0 Å². The molecule has 25 atom stereocenters. The van der Waals surface area contributed by atoms with Gasteiger partial charge in [-0.05, 0) is 0 Å². The molecule has 0 bridgehead atoms. The number of rotatable bonds is 18. The first-order chi connectivity index (χ1) is 33.8. The minimum Gasteiger partial charge on any atom is -0.479 e. The van der Waals surface area contributed by atoms with Crippen LogP contribution >= 0.6 is 0 Å². The van der Waals surface area contributed by atoms with Gasteiger partial charge in [0.2, 0.25) is 23.6 Å². The smallest absolute Gasteiger partial charge is 0.336 e. The molecule has 0 aromatic rings. The number of ether oxygens (including phenoxy) is 10. The Hall–Kier alpha value is -3.98. The van der Waals surface area contributed by atoms with Crippen LogP contribution in [0.5, 0.6) is 0 Å². The molecule has 5 fully saturated rings. The summed E-state index contributed by atoms with van der Waals surface area (Å²) in [6, 6.07) is -6.39. The molecule has 0 radical (unpaired) electrons.